The van der Waals surface area contributed by atoms with Crippen molar-refractivity contribution in [2.24, 2.45) is 5.92 Å². The summed E-state index contributed by atoms with van der Waals surface area (Å²) < 4.78 is 7.59. The number of nitrogens with one attached hydrogen (secondary N) is 1. The molecule has 0 bridgehead atoms. The van der Waals surface area contributed by atoms with Gasteiger partial charge in [0.25, 0.3) is 0 Å². The van der Waals surface area contributed by atoms with Gasteiger partial charge in [0.1, 0.15) is 11.6 Å². The Morgan fingerprint density at radius 2 is 2.08 bits per heavy atom. The Kier molecular flexibility index (Phi) is 5.62. The first-order chi connectivity index (χ1) is 12.8. The summed E-state index contributed by atoms with van der Waals surface area (Å²) in [5, 5.41) is 12.6. The maximum atomic E-state index is 12.2. The van der Waals surface area contributed by atoms with Crippen molar-refractivity contribution < 1.29 is 9.21 Å². The van der Waals surface area contributed by atoms with E-state index >= 15 is 0 Å². The van der Waals surface area contributed by atoms with Crippen LogP contribution >= 0.6 is 11.8 Å². The molecule has 140 valence electrons. The fraction of sp³-hybridized carbons (Fsp3) is 0.632. The van der Waals surface area contributed by atoms with Crippen LogP contribution in [0.4, 0.5) is 0 Å². The van der Waals surface area contributed by atoms with Gasteiger partial charge in [0.05, 0.1) is 18.6 Å². The van der Waals surface area contributed by atoms with Gasteiger partial charge in [-0.15, -0.1) is 10.2 Å². The summed E-state index contributed by atoms with van der Waals surface area (Å²) in [6.45, 7) is 1.43. The molecule has 2 fully saturated rings. The molecule has 7 heteroatoms. The molecule has 0 radical (unpaired) electrons. The van der Waals surface area contributed by atoms with Crippen LogP contribution < -0.4 is 5.32 Å². The van der Waals surface area contributed by atoms with Crippen LogP contribution in [-0.2, 0) is 11.3 Å². The summed E-state index contributed by atoms with van der Waals surface area (Å²) in [5.41, 5.74) is 0. The predicted octanol–water partition coefficient (Wildman–Crippen LogP) is 3.59. The number of thioether (sulfide) groups is 1. The summed E-state index contributed by atoms with van der Waals surface area (Å²) in [6, 6.07) is 3.85. The summed E-state index contributed by atoms with van der Waals surface area (Å²) in [5.74, 6) is 3.53. The number of carbonyl (C=O) groups excluding carboxylic acids is 1. The molecule has 2 aromatic heterocycles. The van der Waals surface area contributed by atoms with Gasteiger partial charge in [0.2, 0.25) is 5.91 Å². The van der Waals surface area contributed by atoms with Crippen molar-refractivity contribution in [3.63, 3.8) is 0 Å². The number of furan rings is 1. The Hall–Kier alpha value is -1.76. The van der Waals surface area contributed by atoms with E-state index in [2.05, 4.69) is 20.1 Å². The maximum Gasteiger partial charge on any atom is 0.230 e. The highest BCUT2D eigenvalue weighted by molar-refractivity contribution is 7.99. The lowest BCUT2D eigenvalue weighted by atomic mass is 9.89. The third kappa shape index (κ3) is 4.50. The Labute approximate surface area is 158 Å². The Balaban J connectivity index is 1.33. The lowest BCUT2D eigenvalue weighted by molar-refractivity contribution is -0.118. The van der Waals surface area contributed by atoms with Crippen LogP contribution in [0.15, 0.2) is 28.0 Å². The molecule has 0 atom stereocenters. The van der Waals surface area contributed by atoms with Crippen LogP contribution in [-0.4, -0.2) is 33.0 Å². The zero-order chi connectivity index (χ0) is 17.8. The quantitative estimate of drug-likeness (QED) is 0.715. The average molecular weight is 375 g/mol. The SMILES string of the molecule is O=C(CSc1nnc(C2CC2)n1Cc1ccco1)NCC1CCCCC1. The monoisotopic (exact) mass is 374 g/mol. The van der Waals surface area contributed by atoms with Gasteiger partial charge in [0, 0.05) is 12.5 Å². The minimum atomic E-state index is 0.0843. The number of nitrogens with zero attached hydrogens (tertiary/aromatic N) is 3. The Morgan fingerprint density at radius 1 is 1.23 bits per heavy atom. The van der Waals surface area contributed by atoms with Crippen molar-refractivity contribution in [2.75, 3.05) is 12.3 Å². The van der Waals surface area contributed by atoms with E-state index in [0.29, 0.717) is 24.1 Å². The van der Waals surface area contributed by atoms with Gasteiger partial charge in [-0.2, -0.15) is 0 Å². The molecular weight excluding hydrogens is 348 g/mol. The van der Waals surface area contributed by atoms with Gasteiger partial charge in [0.15, 0.2) is 5.16 Å². The van der Waals surface area contributed by atoms with E-state index in [9.17, 15) is 4.79 Å². The molecule has 0 spiro atoms. The summed E-state index contributed by atoms with van der Waals surface area (Å²) in [6.07, 6.45) is 10.5. The smallest absolute Gasteiger partial charge is 0.230 e. The molecule has 1 amide bonds. The van der Waals surface area contributed by atoms with Crippen molar-refractivity contribution in [1.29, 1.82) is 0 Å². The molecule has 6 nitrogen and oxygen atoms in total. The van der Waals surface area contributed by atoms with E-state index in [1.807, 2.05) is 12.1 Å². The van der Waals surface area contributed by atoms with E-state index in [-0.39, 0.29) is 5.91 Å². The molecule has 2 heterocycles. The molecule has 2 aliphatic rings. The van der Waals surface area contributed by atoms with Crippen LogP contribution in [0.1, 0.15) is 62.4 Å². The van der Waals surface area contributed by atoms with E-state index < -0.39 is 0 Å². The van der Waals surface area contributed by atoms with Crippen LogP contribution in [0.25, 0.3) is 0 Å². The predicted molar refractivity (Wildman–Crippen MR) is 100 cm³/mol. The van der Waals surface area contributed by atoms with Gasteiger partial charge < -0.3 is 9.73 Å². The lowest BCUT2D eigenvalue weighted by Crippen LogP contribution is -2.31. The first-order valence-electron chi connectivity index (χ1n) is 9.64. The third-order valence-electron chi connectivity index (χ3n) is 5.23. The number of aromatic nitrogens is 3. The van der Waals surface area contributed by atoms with Crippen molar-refractivity contribution in [1.82, 2.24) is 20.1 Å². The molecule has 0 saturated heterocycles. The number of hydrogen-bond donors (Lipinski definition) is 1. The second kappa shape index (κ2) is 8.29. The molecule has 4 rings (SSSR count). The molecule has 0 aromatic carbocycles. The summed E-state index contributed by atoms with van der Waals surface area (Å²) in [4.78, 5) is 12.2. The molecule has 2 aromatic rings. The van der Waals surface area contributed by atoms with Crippen molar-refractivity contribution in [3.05, 3.63) is 30.0 Å². The molecule has 2 aliphatic carbocycles. The fourth-order valence-corrected chi connectivity index (χ4v) is 4.36. The van der Waals surface area contributed by atoms with Crippen molar-refractivity contribution >= 4 is 17.7 Å². The number of hydrogen-bond acceptors (Lipinski definition) is 5. The zero-order valence-corrected chi connectivity index (χ0v) is 15.8. The number of rotatable bonds is 8. The van der Waals surface area contributed by atoms with E-state index in [1.165, 1.54) is 56.7 Å². The van der Waals surface area contributed by atoms with E-state index in [0.717, 1.165) is 23.3 Å². The zero-order valence-electron chi connectivity index (χ0n) is 15.0. The van der Waals surface area contributed by atoms with Gasteiger partial charge in [-0.05, 0) is 43.7 Å². The van der Waals surface area contributed by atoms with E-state index in [1.54, 1.807) is 6.26 Å². The van der Waals surface area contributed by atoms with Crippen LogP contribution in [0.2, 0.25) is 0 Å². The highest BCUT2D eigenvalue weighted by Gasteiger charge is 2.30. The van der Waals surface area contributed by atoms with E-state index in [4.69, 9.17) is 4.42 Å². The van der Waals surface area contributed by atoms with Gasteiger partial charge in [-0.3, -0.25) is 9.36 Å². The summed E-state index contributed by atoms with van der Waals surface area (Å²) >= 11 is 1.47. The largest absolute Gasteiger partial charge is 0.467 e. The molecule has 0 unspecified atom stereocenters. The Bertz CT molecular complexity index is 718. The molecule has 2 saturated carbocycles. The normalized spacial score (nSPS) is 18.2. The second-order valence-corrected chi connectivity index (χ2v) is 8.32. The third-order valence-corrected chi connectivity index (χ3v) is 6.19. The highest BCUT2D eigenvalue weighted by Crippen LogP contribution is 2.40. The van der Waals surface area contributed by atoms with Crippen LogP contribution in [0.5, 0.6) is 0 Å². The molecular formula is C19H26N4O2S. The molecule has 1 N–H and O–H groups in total. The second-order valence-electron chi connectivity index (χ2n) is 7.38. The minimum absolute atomic E-state index is 0.0843. The molecule has 26 heavy (non-hydrogen) atoms. The average Bonchev–Trinajstić information content (AvgIpc) is 3.23. The summed E-state index contributed by atoms with van der Waals surface area (Å²) in [7, 11) is 0. The first kappa shape index (κ1) is 17.6. The number of amides is 1. The van der Waals surface area contributed by atoms with Crippen molar-refractivity contribution in [2.45, 2.75) is 62.6 Å². The van der Waals surface area contributed by atoms with Gasteiger partial charge >= 0.3 is 0 Å². The minimum Gasteiger partial charge on any atom is -0.467 e. The first-order valence-corrected chi connectivity index (χ1v) is 10.6. The van der Waals surface area contributed by atoms with Gasteiger partial charge in [-0.1, -0.05) is 31.0 Å². The topological polar surface area (TPSA) is 73.0 Å². The lowest BCUT2D eigenvalue weighted by Gasteiger charge is -2.21. The fourth-order valence-electron chi connectivity index (χ4n) is 3.59. The molecule has 0 aliphatic heterocycles. The highest BCUT2D eigenvalue weighted by atomic mass is 32.2. The van der Waals surface area contributed by atoms with Crippen LogP contribution in [0.3, 0.4) is 0 Å². The maximum absolute atomic E-state index is 12.2. The Morgan fingerprint density at radius 3 is 2.81 bits per heavy atom. The van der Waals surface area contributed by atoms with Gasteiger partial charge in [-0.25, -0.2) is 0 Å². The van der Waals surface area contributed by atoms with Crippen molar-refractivity contribution in [3.8, 4) is 0 Å². The number of carbonyl (C=O) groups is 1. The standard InChI is InChI=1S/C19H26N4O2S/c24-17(20-11-14-5-2-1-3-6-14)13-26-19-22-21-18(15-8-9-15)23(19)12-16-7-4-10-25-16/h4,7,10,14-15H,1-3,5-6,8-9,11-13H2,(H,20,24). The van der Waals surface area contributed by atoms with Crippen LogP contribution in [0, 0.1) is 5.92 Å².